The van der Waals surface area contributed by atoms with Crippen molar-refractivity contribution in [1.29, 1.82) is 0 Å². The molecule has 17 heavy (non-hydrogen) atoms. The first kappa shape index (κ1) is 11.6. The van der Waals surface area contributed by atoms with Crippen molar-refractivity contribution in [1.82, 2.24) is 9.97 Å². The van der Waals surface area contributed by atoms with Gasteiger partial charge in [0, 0.05) is 24.7 Å². The van der Waals surface area contributed by atoms with E-state index in [1.807, 2.05) is 18.2 Å². The summed E-state index contributed by atoms with van der Waals surface area (Å²) in [5.41, 5.74) is 2.25. The Labute approximate surface area is 101 Å². The normalized spacial score (nSPS) is 10.4. The molecule has 1 heterocycles. The van der Waals surface area contributed by atoms with Crippen LogP contribution in [0.15, 0.2) is 42.9 Å². The molecule has 3 heteroatoms. The Kier molecular flexibility index (Phi) is 4.08. The first-order chi connectivity index (χ1) is 8.34. The number of nitrogens with zero attached hydrogens (tertiary/aromatic N) is 1. The Morgan fingerprint density at radius 3 is 2.59 bits per heavy atom. The third kappa shape index (κ3) is 3.87. The molecule has 0 fully saturated rings. The van der Waals surface area contributed by atoms with Gasteiger partial charge >= 0.3 is 0 Å². The van der Waals surface area contributed by atoms with Crippen LogP contribution in [0.4, 0.5) is 0 Å². The third-order valence-electron chi connectivity index (χ3n) is 2.76. The predicted octanol–water partition coefficient (Wildman–Crippen LogP) is 2.54. The largest absolute Gasteiger partial charge is 0.348 e. The van der Waals surface area contributed by atoms with E-state index in [1.54, 1.807) is 12.5 Å². The minimum absolute atomic E-state index is 0.309. The minimum atomic E-state index is 0.309. The van der Waals surface area contributed by atoms with Gasteiger partial charge in [-0.15, -0.1) is 0 Å². The van der Waals surface area contributed by atoms with E-state index in [9.17, 15) is 4.79 Å². The molecule has 0 saturated heterocycles. The number of H-pyrrole nitrogens is 1. The summed E-state index contributed by atoms with van der Waals surface area (Å²) < 4.78 is 0. The molecule has 0 unspecified atom stereocenters. The second kappa shape index (κ2) is 5.99. The van der Waals surface area contributed by atoms with Crippen LogP contribution < -0.4 is 0 Å². The zero-order valence-electron chi connectivity index (χ0n) is 9.73. The summed E-state index contributed by atoms with van der Waals surface area (Å²) >= 11 is 0. The molecule has 0 saturated carbocycles. The summed E-state index contributed by atoms with van der Waals surface area (Å²) in [6.07, 6.45) is 6.22. The van der Waals surface area contributed by atoms with E-state index in [2.05, 4.69) is 22.1 Å². The summed E-state index contributed by atoms with van der Waals surface area (Å²) in [4.78, 5) is 18.6. The van der Waals surface area contributed by atoms with Crippen LogP contribution in [0.1, 0.15) is 24.1 Å². The summed E-state index contributed by atoms with van der Waals surface area (Å²) in [7, 11) is 0. The average Bonchev–Trinajstić information content (AvgIpc) is 2.88. The van der Waals surface area contributed by atoms with Gasteiger partial charge in [-0.05, 0) is 18.4 Å². The zero-order chi connectivity index (χ0) is 11.9. The van der Waals surface area contributed by atoms with Gasteiger partial charge in [-0.25, -0.2) is 4.98 Å². The van der Waals surface area contributed by atoms with E-state index >= 15 is 0 Å². The molecule has 2 aromatic rings. The molecule has 1 aromatic heterocycles. The van der Waals surface area contributed by atoms with Gasteiger partial charge in [0.05, 0.1) is 6.33 Å². The highest BCUT2D eigenvalue weighted by Gasteiger charge is 2.04. The number of aromatic nitrogens is 2. The van der Waals surface area contributed by atoms with Crippen LogP contribution >= 0.6 is 0 Å². The number of carbonyl (C=O) groups is 1. The fourth-order valence-corrected chi connectivity index (χ4v) is 1.75. The van der Waals surface area contributed by atoms with E-state index in [-0.39, 0.29) is 0 Å². The molecule has 2 rings (SSSR count). The van der Waals surface area contributed by atoms with Crippen molar-refractivity contribution in [2.24, 2.45) is 0 Å². The highest BCUT2D eigenvalue weighted by atomic mass is 16.1. The maximum Gasteiger partial charge on any atom is 0.133 e. The number of hydrogen-bond acceptors (Lipinski definition) is 2. The number of hydrogen-bond donors (Lipinski definition) is 1. The minimum Gasteiger partial charge on any atom is -0.348 e. The molecule has 0 amide bonds. The maximum absolute atomic E-state index is 11.7. The van der Waals surface area contributed by atoms with E-state index in [0.29, 0.717) is 18.6 Å². The lowest BCUT2D eigenvalue weighted by Gasteiger charge is -2.00. The summed E-state index contributed by atoms with van der Waals surface area (Å²) in [5, 5.41) is 0. The topological polar surface area (TPSA) is 45.8 Å². The van der Waals surface area contributed by atoms with Gasteiger partial charge in [0.15, 0.2) is 0 Å². The SMILES string of the molecule is O=C(CCc1ccccc1)CCc1cnc[nH]1. The quantitative estimate of drug-likeness (QED) is 0.825. The molecule has 88 valence electrons. The second-order valence-electron chi connectivity index (χ2n) is 4.10. The molecule has 0 bridgehead atoms. The lowest BCUT2D eigenvalue weighted by atomic mass is 10.0. The van der Waals surface area contributed by atoms with Crippen LogP contribution in [0, 0.1) is 0 Å². The number of nitrogens with one attached hydrogen (secondary N) is 1. The maximum atomic E-state index is 11.7. The molecule has 0 spiro atoms. The Balaban J connectivity index is 1.71. The van der Waals surface area contributed by atoms with Crippen molar-refractivity contribution in [3.8, 4) is 0 Å². The van der Waals surface area contributed by atoms with Gasteiger partial charge < -0.3 is 4.98 Å². The Morgan fingerprint density at radius 2 is 1.88 bits per heavy atom. The van der Waals surface area contributed by atoms with Crippen LogP contribution in [0.5, 0.6) is 0 Å². The molecular weight excluding hydrogens is 212 g/mol. The number of Topliss-reactive ketones (excluding diaryl/α,β-unsaturated/α-hetero) is 1. The van der Waals surface area contributed by atoms with E-state index in [4.69, 9.17) is 0 Å². The molecular formula is C14H16N2O. The first-order valence-corrected chi connectivity index (χ1v) is 5.87. The highest BCUT2D eigenvalue weighted by Crippen LogP contribution is 2.06. The van der Waals surface area contributed by atoms with Crippen LogP contribution in [-0.2, 0) is 17.6 Å². The first-order valence-electron chi connectivity index (χ1n) is 5.87. The molecule has 1 N–H and O–H groups in total. The molecule has 0 aliphatic heterocycles. The second-order valence-corrected chi connectivity index (χ2v) is 4.10. The van der Waals surface area contributed by atoms with E-state index in [0.717, 1.165) is 18.5 Å². The van der Waals surface area contributed by atoms with Crippen molar-refractivity contribution in [2.45, 2.75) is 25.7 Å². The molecule has 0 radical (unpaired) electrons. The monoisotopic (exact) mass is 228 g/mol. The van der Waals surface area contributed by atoms with Crippen LogP contribution in [0.2, 0.25) is 0 Å². The standard InChI is InChI=1S/C14H16N2O/c17-14(9-7-13-10-15-11-16-13)8-6-12-4-2-1-3-5-12/h1-5,10-11H,6-9H2,(H,15,16). The lowest BCUT2D eigenvalue weighted by Crippen LogP contribution is -2.02. The van der Waals surface area contributed by atoms with E-state index in [1.165, 1.54) is 5.56 Å². The highest BCUT2D eigenvalue weighted by molar-refractivity contribution is 5.78. The number of rotatable bonds is 6. The Morgan fingerprint density at radius 1 is 1.12 bits per heavy atom. The van der Waals surface area contributed by atoms with Crippen molar-refractivity contribution in [2.75, 3.05) is 0 Å². The Bertz CT molecular complexity index is 448. The van der Waals surface area contributed by atoms with Crippen molar-refractivity contribution >= 4 is 5.78 Å². The lowest BCUT2D eigenvalue weighted by molar-refractivity contribution is -0.119. The number of benzene rings is 1. The number of ketones is 1. The third-order valence-corrected chi connectivity index (χ3v) is 2.76. The van der Waals surface area contributed by atoms with Gasteiger partial charge in [-0.3, -0.25) is 4.79 Å². The molecule has 0 aliphatic rings. The summed E-state index contributed by atoms with van der Waals surface area (Å²) in [6, 6.07) is 10.1. The fraction of sp³-hybridized carbons (Fsp3) is 0.286. The fourth-order valence-electron chi connectivity index (χ4n) is 1.75. The van der Waals surface area contributed by atoms with Crippen LogP contribution in [-0.4, -0.2) is 15.8 Å². The van der Waals surface area contributed by atoms with Gasteiger partial charge in [0.1, 0.15) is 5.78 Å². The molecule has 0 atom stereocenters. The van der Waals surface area contributed by atoms with E-state index < -0.39 is 0 Å². The van der Waals surface area contributed by atoms with Gasteiger partial charge in [-0.1, -0.05) is 30.3 Å². The van der Waals surface area contributed by atoms with Crippen LogP contribution in [0.25, 0.3) is 0 Å². The molecule has 1 aromatic carbocycles. The smallest absolute Gasteiger partial charge is 0.133 e. The number of imidazole rings is 1. The summed E-state index contributed by atoms with van der Waals surface area (Å²) in [5.74, 6) is 0.309. The average molecular weight is 228 g/mol. The number of aromatic amines is 1. The molecule has 0 aliphatic carbocycles. The molecule has 3 nitrogen and oxygen atoms in total. The van der Waals surface area contributed by atoms with Crippen molar-refractivity contribution < 1.29 is 4.79 Å². The van der Waals surface area contributed by atoms with Crippen molar-refractivity contribution in [3.63, 3.8) is 0 Å². The summed E-state index contributed by atoms with van der Waals surface area (Å²) in [6.45, 7) is 0. The number of carbonyl (C=O) groups excluding carboxylic acids is 1. The van der Waals surface area contributed by atoms with Gasteiger partial charge in [-0.2, -0.15) is 0 Å². The van der Waals surface area contributed by atoms with Crippen LogP contribution in [0.3, 0.4) is 0 Å². The zero-order valence-corrected chi connectivity index (χ0v) is 9.73. The predicted molar refractivity (Wildman–Crippen MR) is 66.7 cm³/mol. The Hall–Kier alpha value is -1.90. The van der Waals surface area contributed by atoms with Gasteiger partial charge in [0.2, 0.25) is 0 Å². The number of aryl methyl sites for hydroxylation is 2. The van der Waals surface area contributed by atoms with Crippen molar-refractivity contribution in [3.05, 3.63) is 54.1 Å². The van der Waals surface area contributed by atoms with Gasteiger partial charge in [0.25, 0.3) is 0 Å².